The Balaban J connectivity index is 2.78. The van der Waals surface area contributed by atoms with Crippen LogP contribution in [0.15, 0.2) is 22.3 Å². The fraction of sp³-hybridized carbons (Fsp3) is 0.400. The van der Waals surface area contributed by atoms with Crippen LogP contribution in [0.5, 0.6) is 0 Å². The van der Waals surface area contributed by atoms with E-state index in [2.05, 4.69) is 37.0 Å². The van der Waals surface area contributed by atoms with Crippen LogP contribution in [0.1, 0.15) is 30.5 Å². The third-order valence-electron chi connectivity index (χ3n) is 1.72. The van der Waals surface area contributed by atoms with Crippen molar-refractivity contribution in [2.24, 2.45) is 21.7 Å². The van der Waals surface area contributed by atoms with E-state index in [9.17, 15) is 0 Å². The largest absolute Gasteiger partial charge is 0.369 e. The SMILES string of the molecule is CC(C)(C)c1ccc(/C=N/N=C(N)N)s1. The van der Waals surface area contributed by atoms with E-state index in [1.807, 2.05) is 6.07 Å². The van der Waals surface area contributed by atoms with Crippen LogP contribution < -0.4 is 11.5 Å². The smallest absolute Gasteiger partial charge is 0.211 e. The average Bonchev–Trinajstić information content (AvgIpc) is 2.51. The molecule has 15 heavy (non-hydrogen) atoms. The Bertz CT molecular complexity index is 380. The van der Waals surface area contributed by atoms with Crippen molar-refractivity contribution in [1.29, 1.82) is 0 Å². The van der Waals surface area contributed by atoms with Gasteiger partial charge in [0.2, 0.25) is 5.96 Å². The first-order valence-corrected chi connectivity index (χ1v) is 5.43. The molecule has 0 aromatic carbocycles. The number of hydrogen-bond donors (Lipinski definition) is 2. The van der Waals surface area contributed by atoms with Crippen molar-refractivity contribution in [1.82, 2.24) is 0 Å². The number of guanidine groups is 1. The minimum absolute atomic E-state index is 0.0288. The van der Waals surface area contributed by atoms with Gasteiger partial charge in [0.15, 0.2) is 0 Å². The molecule has 0 unspecified atom stereocenters. The van der Waals surface area contributed by atoms with E-state index >= 15 is 0 Å². The molecule has 0 bridgehead atoms. The van der Waals surface area contributed by atoms with Crippen LogP contribution in [-0.2, 0) is 5.41 Å². The molecule has 0 radical (unpaired) electrons. The summed E-state index contributed by atoms with van der Waals surface area (Å²) < 4.78 is 0. The molecule has 1 aromatic rings. The van der Waals surface area contributed by atoms with Crippen LogP contribution in [0.4, 0.5) is 0 Å². The highest BCUT2D eigenvalue weighted by Crippen LogP contribution is 2.28. The standard InChI is InChI=1S/C10H16N4S/c1-10(2,3)8-5-4-7(15-8)6-13-14-9(11)12/h4-6H,1-3H3,(H4,11,12,14)/b13-6+. The van der Waals surface area contributed by atoms with Crippen molar-refractivity contribution in [2.75, 3.05) is 0 Å². The van der Waals surface area contributed by atoms with E-state index in [-0.39, 0.29) is 11.4 Å². The molecule has 1 heterocycles. The lowest BCUT2D eigenvalue weighted by atomic mass is 9.95. The number of rotatable bonds is 2. The normalized spacial score (nSPS) is 11.9. The second kappa shape index (κ2) is 4.44. The maximum Gasteiger partial charge on any atom is 0.211 e. The molecule has 0 saturated heterocycles. The molecule has 0 aliphatic heterocycles. The highest BCUT2D eigenvalue weighted by atomic mass is 32.1. The Morgan fingerprint density at radius 2 is 2.00 bits per heavy atom. The molecule has 1 rings (SSSR count). The van der Waals surface area contributed by atoms with E-state index in [0.29, 0.717) is 0 Å². The van der Waals surface area contributed by atoms with Gasteiger partial charge in [-0.1, -0.05) is 20.8 Å². The first-order chi connectivity index (χ1) is 6.89. The predicted octanol–water partition coefficient (Wildman–Crippen LogP) is 1.65. The summed E-state index contributed by atoms with van der Waals surface area (Å²) >= 11 is 1.69. The van der Waals surface area contributed by atoms with Gasteiger partial charge in [0.05, 0.1) is 6.21 Å². The molecule has 4 nitrogen and oxygen atoms in total. The number of hydrogen-bond acceptors (Lipinski definition) is 3. The summed E-state index contributed by atoms with van der Waals surface area (Å²) in [6, 6.07) is 4.11. The van der Waals surface area contributed by atoms with E-state index in [0.717, 1.165) is 4.88 Å². The fourth-order valence-corrected chi connectivity index (χ4v) is 1.91. The van der Waals surface area contributed by atoms with Crippen LogP contribution in [0.2, 0.25) is 0 Å². The highest BCUT2D eigenvalue weighted by Gasteiger charge is 2.15. The van der Waals surface area contributed by atoms with Crippen molar-refractivity contribution in [3.63, 3.8) is 0 Å². The van der Waals surface area contributed by atoms with Gasteiger partial charge >= 0.3 is 0 Å². The Morgan fingerprint density at radius 3 is 2.47 bits per heavy atom. The van der Waals surface area contributed by atoms with E-state index in [1.54, 1.807) is 17.6 Å². The van der Waals surface area contributed by atoms with E-state index in [4.69, 9.17) is 11.5 Å². The minimum atomic E-state index is -0.0288. The van der Waals surface area contributed by atoms with Crippen LogP contribution in [0.25, 0.3) is 0 Å². The first-order valence-electron chi connectivity index (χ1n) is 4.62. The van der Waals surface area contributed by atoms with Gasteiger partial charge in [-0.2, -0.15) is 5.10 Å². The van der Waals surface area contributed by atoms with Crippen molar-refractivity contribution in [3.05, 3.63) is 21.9 Å². The van der Waals surface area contributed by atoms with Gasteiger partial charge in [-0.15, -0.1) is 16.4 Å². The summed E-state index contributed by atoms with van der Waals surface area (Å²) in [6.07, 6.45) is 1.65. The van der Waals surface area contributed by atoms with Gasteiger partial charge < -0.3 is 11.5 Å². The van der Waals surface area contributed by atoms with Crippen molar-refractivity contribution in [2.45, 2.75) is 26.2 Å². The zero-order valence-electron chi connectivity index (χ0n) is 9.19. The molecular weight excluding hydrogens is 208 g/mol. The zero-order chi connectivity index (χ0) is 11.5. The monoisotopic (exact) mass is 224 g/mol. The Morgan fingerprint density at radius 1 is 1.33 bits per heavy atom. The third kappa shape index (κ3) is 3.71. The maximum atomic E-state index is 5.15. The van der Waals surface area contributed by atoms with Crippen LogP contribution in [0, 0.1) is 0 Å². The molecule has 0 atom stereocenters. The molecule has 0 saturated carbocycles. The lowest BCUT2D eigenvalue weighted by molar-refractivity contribution is 0.604. The first kappa shape index (κ1) is 11.7. The number of nitrogens with zero attached hydrogens (tertiary/aromatic N) is 2. The van der Waals surface area contributed by atoms with Crippen LogP contribution in [0.3, 0.4) is 0 Å². The van der Waals surface area contributed by atoms with Crippen LogP contribution in [-0.4, -0.2) is 12.2 Å². The van der Waals surface area contributed by atoms with Gasteiger partial charge in [0, 0.05) is 9.75 Å². The minimum Gasteiger partial charge on any atom is -0.369 e. The lowest BCUT2D eigenvalue weighted by Crippen LogP contribution is -2.21. The Labute approximate surface area is 93.7 Å². The van der Waals surface area contributed by atoms with Gasteiger partial charge in [0.1, 0.15) is 0 Å². The molecule has 0 aliphatic rings. The molecule has 0 spiro atoms. The van der Waals surface area contributed by atoms with Crippen LogP contribution >= 0.6 is 11.3 Å². The van der Waals surface area contributed by atoms with Crippen molar-refractivity contribution >= 4 is 23.5 Å². The second-order valence-corrected chi connectivity index (χ2v) is 5.34. The fourth-order valence-electron chi connectivity index (χ4n) is 0.978. The third-order valence-corrected chi connectivity index (χ3v) is 3.17. The van der Waals surface area contributed by atoms with Gasteiger partial charge in [-0.05, 0) is 17.5 Å². The van der Waals surface area contributed by atoms with E-state index < -0.39 is 0 Å². The summed E-state index contributed by atoms with van der Waals surface area (Å²) in [4.78, 5) is 2.36. The maximum absolute atomic E-state index is 5.15. The van der Waals surface area contributed by atoms with Gasteiger partial charge in [0.25, 0.3) is 0 Å². The molecule has 0 fully saturated rings. The number of thiophene rings is 1. The lowest BCUT2D eigenvalue weighted by Gasteiger charge is -2.14. The summed E-state index contributed by atoms with van der Waals surface area (Å²) in [5, 5.41) is 7.30. The van der Waals surface area contributed by atoms with E-state index in [1.165, 1.54) is 4.88 Å². The highest BCUT2D eigenvalue weighted by molar-refractivity contribution is 7.13. The topological polar surface area (TPSA) is 76.8 Å². The molecule has 5 heteroatoms. The summed E-state index contributed by atoms with van der Waals surface area (Å²) in [7, 11) is 0. The zero-order valence-corrected chi connectivity index (χ0v) is 10.0. The summed E-state index contributed by atoms with van der Waals surface area (Å²) in [6.45, 7) is 6.53. The molecule has 4 N–H and O–H groups in total. The van der Waals surface area contributed by atoms with Gasteiger partial charge in [-0.25, -0.2) is 0 Å². The molecule has 0 amide bonds. The predicted molar refractivity (Wildman–Crippen MR) is 66.4 cm³/mol. The summed E-state index contributed by atoms with van der Waals surface area (Å²) in [5.74, 6) is -0.0288. The van der Waals surface area contributed by atoms with Crippen molar-refractivity contribution < 1.29 is 0 Å². The quantitative estimate of drug-likeness (QED) is 0.455. The Kier molecular flexibility index (Phi) is 3.47. The molecule has 1 aromatic heterocycles. The Hall–Kier alpha value is -1.36. The summed E-state index contributed by atoms with van der Waals surface area (Å²) in [5.41, 5.74) is 10.5. The second-order valence-electron chi connectivity index (χ2n) is 4.22. The van der Waals surface area contributed by atoms with Gasteiger partial charge in [-0.3, -0.25) is 0 Å². The molecule has 82 valence electrons. The average molecular weight is 224 g/mol. The molecule has 0 aliphatic carbocycles. The number of nitrogens with two attached hydrogens (primary N) is 2. The van der Waals surface area contributed by atoms with Crippen molar-refractivity contribution in [3.8, 4) is 0 Å². The molecular formula is C10H16N4S.